The molecule has 0 bridgehead atoms. The Morgan fingerprint density at radius 3 is 2.92 bits per heavy atom. The lowest BCUT2D eigenvalue weighted by molar-refractivity contribution is 0.373. The van der Waals surface area contributed by atoms with Gasteiger partial charge in [-0.3, -0.25) is 0 Å². The molecule has 0 aliphatic carbocycles. The van der Waals surface area contributed by atoms with Crippen molar-refractivity contribution in [1.29, 1.82) is 0 Å². The van der Waals surface area contributed by atoms with Crippen LogP contribution in [0.2, 0.25) is 5.02 Å². The van der Waals surface area contributed by atoms with Gasteiger partial charge in [-0.15, -0.1) is 0 Å². The molecule has 0 unspecified atom stereocenters. The largest absolute Gasteiger partial charge is 0.496 e. The summed E-state index contributed by atoms with van der Waals surface area (Å²) in [5.41, 5.74) is 0. The maximum atomic E-state index is 8.69. The highest BCUT2D eigenvalue weighted by molar-refractivity contribution is 7.99. The zero-order valence-corrected chi connectivity index (χ0v) is 8.15. The summed E-state index contributed by atoms with van der Waals surface area (Å²) < 4.78 is 5.06. The van der Waals surface area contributed by atoms with Crippen molar-refractivity contribution in [2.45, 2.75) is 4.90 Å². The van der Waals surface area contributed by atoms with E-state index < -0.39 is 0 Å². The number of benzene rings is 1. The second-order valence-electron chi connectivity index (χ2n) is 2.07. The summed E-state index contributed by atoms with van der Waals surface area (Å²) in [5, 5.41) is 9.34. The van der Waals surface area contributed by atoms with E-state index in [0.29, 0.717) is 5.02 Å². The molecule has 66 valence electrons. The predicted molar refractivity (Wildman–Crippen MR) is 50.9 cm³/mol. The Morgan fingerprint density at radius 2 is 2.33 bits per heavy atom. The molecule has 2 nitrogen and oxygen atoms in total. The average molecular weight is 205 g/mol. The van der Waals surface area contributed by atoms with E-state index in [4.69, 9.17) is 21.4 Å². The second-order valence-corrected chi connectivity index (χ2v) is 3.49. The summed E-state index contributed by atoms with van der Waals surface area (Å²) >= 11 is 7.05. The summed E-state index contributed by atoms with van der Waals surface area (Å²) in [7, 11) is 1.59. The Balaban J connectivity index is 2.95. The maximum absolute atomic E-state index is 8.69. The van der Waals surface area contributed by atoms with Crippen molar-refractivity contribution in [3.63, 3.8) is 0 Å². The molecule has 0 saturated carbocycles. The van der Waals surface area contributed by atoms with Gasteiger partial charge >= 0.3 is 0 Å². The van der Waals surface area contributed by atoms with Gasteiger partial charge in [0, 0.05) is 5.02 Å². The molecule has 0 atom stereocenters. The molecule has 12 heavy (non-hydrogen) atoms. The molecule has 4 heteroatoms. The Labute approximate surface area is 80.5 Å². The lowest BCUT2D eigenvalue weighted by atomic mass is 10.3. The van der Waals surface area contributed by atoms with E-state index in [1.165, 1.54) is 11.8 Å². The molecule has 1 aromatic carbocycles. The van der Waals surface area contributed by atoms with Crippen LogP contribution >= 0.6 is 23.4 Å². The minimum absolute atomic E-state index is 0.0245. The third-order valence-corrected chi connectivity index (χ3v) is 2.34. The number of thioether (sulfide) groups is 1. The van der Waals surface area contributed by atoms with E-state index in [0.717, 1.165) is 10.6 Å². The van der Waals surface area contributed by atoms with Crippen LogP contribution < -0.4 is 4.74 Å². The first-order valence-corrected chi connectivity index (χ1v) is 4.71. The van der Waals surface area contributed by atoms with Gasteiger partial charge < -0.3 is 9.84 Å². The van der Waals surface area contributed by atoms with Crippen LogP contribution in [0.5, 0.6) is 5.75 Å². The molecular weight excluding hydrogens is 196 g/mol. The van der Waals surface area contributed by atoms with Crippen molar-refractivity contribution in [3.05, 3.63) is 23.2 Å². The molecule has 0 heterocycles. The van der Waals surface area contributed by atoms with Crippen molar-refractivity contribution in [3.8, 4) is 5.75 Å². The third-order valence-electron chi connectivity index (χ3n) is 1.35. The molecule has 0 radical (unpaired) electrons. The van der Waals surface area contributed by atoms with E-state index in [-0.39, 0.29) is 5.94 Å². The Hall–Kier alpha value is -0.380. The summed E-state index contributed by atoms with van der Waals surface area (Å²) in [6, 6.07) is 5.30. The van der Waals surface area contributed by atoms with Crippen LogP contribution in [0.1, 0.15) is 0 Å². The van der Waals surface area contributed by atoms with Crippen LogP contribution in [0, 0.1) is 0 Å². The summed E-state index contributed by atoms with van der Waals surface area (Å²) in [4.78, 5) is 0.854. The SMILES string of the molecule is COc1ccc(Cl)cc1SCO. The number of hydrogen-bond acceptors (Lipinski definition) is 3. The van der Waals surface area contributed by atoms with Gasteiger partial charge in [0.25, 0.3) is 0 Å². The van der Waals surface area contributed by atoms with Crippen LogP contribution in [-0.4, -0.2) is 18.2 Å². The van der Waals surface area contributed by atoms with Crippen molar-refractivity contribution in [1.82, 2.24) is 0 Å². The molecule has 0 fully saturated rings. The molecule has 0 spiro atoms. The summed E-state index contributed by atoms with van der Waals surface area (Å²) in [6.07, 6.45) is 0. The van der Waals surface area contributed by atoms with Crippen LogP contribution in [0.4, 0.5) is 0 Å². The maximum Gasteiger partial charge on any atom is 0.132 e. The van der Waals surface area contributed by atoms with Crippen molar-refractivity contribution < 1.29 is 9.84 Å². The zero-order valence-electron chi connectivity index (χ0n) is 6.58. The van der Waals surface area contributed by atoms with E-state index >= 15 is 0 Å². The quantitative estimate of drug-likeness (QED) is 0.606. The van der Waals surface area contributed by atoms with Gasteiger partial charge in [-0.2, -0.15) is 0 Å². The van der Waals surface area contributed by atoms with E-state index in [1.54, 1.807) is 25.3 Å². The minimum atomic E-state index is 0.0245. The van der Waals surface area contributed by atoms with Crippen LogP contribution in [0.25, 0.3) is 0 Å². The highest BCUT2D eigenvalue weighted by Gasteiger charge is 2.02. The van der Waals surface area contributed by atoms with E-state index in [9.17, 15) is 0 Å². The molecular formula is C8H9ClO2S. The first-order chi connectivity index (χ1) is 5.77. The van der Waals surface area contributed by atoms with Crippen molar-refractivity contribution in [2.75, 3.05) is 13.0 Å². The number of hydrogen-bond donors (Lipinski definition) is 1. The topological polar surface area (TPSA) is 29.5 Å². The first kappa shape index (κ1) is 9.71. The minimum Gasteiger partial charge on any atom is -0.496 e. The number of halogens is 1. The Morgan fingerprint density at radius 1 is 1.58 bits per heavy atom. The molecule has 0 aliphatic rings. The van der Waals surface area contributed by atoms with Crippen molar-refractivity contribution >= 4 is 23.4 Å². The fourth-order valence-corrected chi connectivity index (χ4v) is 1.71. The van der Waals surface area contributed by atoms with Crippen LogP contribution in [0.15, 0.2) is 23.1 Å². The van der Waals surface area contributed by atoms with Gasteiger partial charge in [-0.05, 0) is 18.2 Å². The van der Waals surface area contributed by atoms with Gasteiger partial charge in [0.05, 0.1) is 17.9 Å². The summed E-state index contributed by atoms with van der Waals surface area (Å²) in [5.74, 6) is 0.759. The average Bonchev–Trinajstić information content (AvgIpc) is 2.05. The molecule has 0 saturated heterocycles. The number of methoxy groups -OCH3 is 1. The Kier molecular flexibility index (Phi) is 3.72. The first-order valence-electron chi connectivity index (χ1n) is 3.35. The normalized spacial score (nSPS) is 9.92. The standard InChI is InChI=1S/C8H9ClO2S/c1-11-7-3-2-6(9)4-8(7)12-5-10/h2-4,10H,5H2,1H3. The molecule has 0 aromatic heterocycles. The highest BCUT2D eigenvalue weighted by atomic mass is 35.5. The fraction of sp³-hybridized carbons (Fsp3) is 0.250. The van der Waals surface area contributed by atoms with Gasteiger partial charge in [-0.25, -0.2) is 0 Å². The molecule has 1 N–H and O–H groups in total. The van der Waals surface area contributed by atoms with Gasteiger partial charge in [-0.1, -0.05) is 23.4 Å². The zero-order chi connectivity index (χ0) is 8.97. The predicted octanol–water partition coefficient (Wildman–Crippen LogP) is 2.39. The molecule has 0 amide bonds. The number of ether oxygens (including phenoxy) is 1. The summed E-state index contributed by atoms with van der Waals surface area (Å²) in [6.45, 7) is 0. The third kappa shape index (κ3) is 2.30. The second kappa shape index (κ2) is 4.60. The molecule has 0 aliphatic heterocycles. The monoisotopic (exact) mass is 204 g/mol. The van der Waals surface area contributed by atoms with Crippen molar-refractivity contribution in [2.24, 2.45) is 0 Å². The molecule has 1 aromatic rings. The van der Waals surface area contributed by atoms with E-state index in [1.807, 2.05) is 0 Å². The fourth-order valence-electron chi connectivity index (χ4n) is 0.833. The van der Waals surface area contributed by atoms with Gasteiger partial charge in [0.2, 0.25) is 0 Å². The molecule has 1 rings (SSSR count). The lowest BCUT2D eigenvalue weighted by Gasteiger charge is -2.06. The number of rotatable bonds is 3. The van der Waals surface area contributed by atoms with Gasteiger partial charge in [0.1, 0.15) is 5.75 Å². The van der Waals surface area contributed by atoms with E-state index in [2.05, 4.69) is 0 Å². The van der Waals surface area contributed by atoms with Crippen LogP contribution in [0.3, 0.4) is 0 Å². The lowest BCUT2D eigenvalue weighted by Crippen LogP contribution is -1.86. The number of aliphatic hydroxyl groups excluding tert-OH is 1. The highest BCUT2D eigenvalue weighted by Crippen LogP contribution is 2.30. The van der Waals surface area contributed by atoms with Crippen LogP contribution in [-0.2, 0) is 0 Å². The van der Waals surface area contributed by atoms with Gasteiger partial charge in [0.15, 0.2) is 0 Å². The Bertz CT molecular complexity index is 265. The number of aliphatic hydroxyl groups is 1. The smallest absolute Gasteiger partial charge is 0.132 e.